The van der Waals surface area contributed by atoms with E-state index in [9.17, 15) is 9.18 Å². The molecule has 3 aromatic rings. The highest BCUT2D eigenvalue weighted by Crippen LogP contribution is 2.26. The summed E-state index contributed by atoms with van der Waals surface area (Å²) in [5.41, 5.74) is 2.96. The summed E-state index contributed by atoms with van der Waals surface area (Å²) in [7, 11) is 1.63. The highest BCUT2D eigenvalue weighted by atomic mass is 19.1. The van der Waals surface area contributed by atoms with Crippen LogP contribution >= 0.6 is 0 Å². The zero-order valence-electron chi connectivity index (χ0n) is 15.2. The molecule has 144 valence electrons. The Kier molecular flexibility index (Phi) is 6.11. The number of hydrogen-bond acceptors (Lipinski definition) is 4. The topological polar surface area (TPSA) is 65.0 Å². The summed E-state index contributed by atoms with van der Waals surface area (Å²) < 4.78 is 29.7. The molecular formula is C22H19FO5. The minimum Gasteiger partial charge on any atom is -0.497 e. The van der Waals surface area contributed by atoms with E-state index in [1.165, 1.54) is 18.2 Å². The Morgan fingerprint density at radius 1 is 0.929 bits per heavy atom. The number of carboxylic acid groups (broad SMARTS) is 1. The molecule has 0 unspecified atom stereocenters. The summed E-state index contributed by atoms with van der Waals surface area (Å²) in [5.74, 6) is -0.874. The Morgan fingerprint density at radius 3 is 2.39 bits per heavy atom. The predicted octanol–water partition coefficient (Wildman–Crippen LogP) is 4.54. The van der Waals surface area contributed by atoms with Crippen molar-refractivity contribution in [3.63, 3.8) is 0 Å². The van der Waals surface area contributed by atoms with Gasteiger partial charge in [0.25, 0.3) is 0 Å². The van der Waals surface area contributed by atoms with E-state index < -0.39 is 18.4 Å². The van der Waals surface area contributed by atoms with Gasteiger partial charge in [0.2, 0.25) is 0 Å². The molecule has 0 saturated heterocycles. The van der Waals surface area contributed by atoms with Crippen molar-refractivity contribution in [1.29, 1.82) is 0 Å². The lowest BCUT2D eigenvalue weighted by atomic mass is 10.0. The molecule has 0 bridgehead atoms. The summed E-state index contributed by atoms with van der Waals surface area (Å²) in [6.45, 7) is -0.346. The largest absolute Gasteiger partial charge is 0.497 e. The molecule has 0 aliphatic rings. The van der Waals surface area contributed by atoms with Gasteiger partial charge in [-0.05, 0) is 47.0 Å². The third-order valence-corrected chi connectivity index (χ3v) is 3.99. The summed E-state index contributed by atoms with van der Waals surface area (Å²) >= 11 is 0. The zero-order valence-corrected chi connectivity index (χ0v) is 15.2. The number of carbonyl (C=O) groups is 1. The Morgan fingerprint density at radius 2 is 1.68 bits per heavy atom. The summed E-state index contributed by atoms with van der Waals surface area (Å²) in [6.07, 6.45) is 0. The van der Waals surface area contributed by atoms with E-state index in [1.807, 2.05) is 48.5 Å². The first-order chi connectivity index (χ1) is 13.5. The fraction of sp³-hybridized carbons (Fsp3) is 0.136. The minimum absolute atomic E-state index is 0.130. The van der Waals surface area contributed by atoms with Crippen molar-refractivity contribution in [2.45, 2.75) is 6.61 Å². The third kappa shape index (κ3) is 5.01. The lowest BCUT2D eigenvalue weighted by molar-refractivity contribution is -0.139. The van der Waals surface area contributed by atoms with Gasteiger partial charge in [-0.25, -0.2) is 9.18 Å². The Balaban J connectivity index is 1.68. The van der Waals surface area contributed by atoms with Gasteiger partial charge in [-0.3, -0.25) is 0 Å². The molecule has 0 aromatic heterocycles. The van der Waals surface area contributed by atoms with Gasteiger partial charge in [0.1, 0.15) is 18.1 Å². The van der Waals surface area contributed by atoms with E-state index in [2.05, 4.69) is 0 Å². The predicted molar refractivity (Wildman–Crippen MR) is 102 cm³/mol. The molecule has 3 rings (SSSR count). The van der Waals surface area contributed by atoms with Crippen molar-refractivity contribution >= 4 is 5.97 Å². The number of rotatable bonds is 8. The summed E-state index contributed by atoms with van der Waals surface area (Å²) in [4.78, 5) is 10.5. The van der Waals surface area contributed by atoms with Crippen LogP contribution in [0.1, 0.15) is 5.56 Å². The summed E-state index contributed by atoms with van der Waals surface area (Å²) in [5, 5.41) is 8.59. The Hall–Kier alpha value is -3.54. The van der Waals surface area contributed by atoms with Gasteiger partial charge < -0.3 is 19.3 Å². The van der Waals surface area contributed by atoms with Crippen molar-refractivity contribution in [3.8, 4) is 28.4 Å². The molecule has 0 saturated carbocycles. The maximum absolute atomic E-state index is 14.0. The van der Waals surface area contributed by atoms with E-state index in [1.54, 1.807) is 7.11 Å². The number of ether oxygens (including phenoxy) is 3. The second kappa shape index (κ2) is 8.90. The first kappa shape index (κ1) is 19.2. The summed E-state index contributed by atoms with van der Waals surface area (Å²) in [6, 6.07) is 19.6. The van der Waals surface area contributed by atoms with E-state index in [4.69, 9.17) is 19.3 Å². The standard InChI is InChI=1S/C22H19FO5/c1-26-18-7-3-6-17(11-18)16-5-2-4-15(10-16)13-27-19-8-9-21(20(23)12-19)28-14-22(24)25/h2-12H,13-14H2,1H3,(H,24,25). The van der Waals surface area contributed by atoms with Crippen molar-refractivity contribution in [1.82, 2.24) is 0 Å². The quantitative estimate of drug-likeness (QED) is 0.619. The number of carboxylic acids is 1. The van der Waals surface area contributed by atoms with Gasteiger partial charge in [0, 0.05) is 6.07 Å². The van der Waals surface area contributed by atoms with Crippen LogP contribution in [0.2, 0.25) is 0 Å². The van der Waals surface area contributed by atoms with Crippen molar-refractivity contribution in [2.24, 2.45) is 0 Å². The SMILES string of the molecule is COc1cccc(-c2cccc(COc3ccc(OCC(=O)O)c(F)c3)c2)c1. The van der Waals surface area contributed by atoms with E-state index in [0.717, 1.165) is 22.4 Å². The fourth-order valence-electron chi connectivity index (χ4n) is 2.64. The molecule has 0 aliphatic carbocycles. The molecule has 0 fully saturated rings. The molecule has 0 heterocycles. The lowest BCUT2D eigenvalue weighted by Gasteiger charge is -2.10. The van der Waals surface area contributed by atoms with Gasteiger partial charge in [0.15, 0.2) is 18.2 Å². The minimum atomic E-state index is -1.17. The molecule has 0 radical (unpaired) electrons. The number of methoxy groups -OCH3 is 1. The van der Waals surface area contributed by atoms with Gasteiger partial charge >= 0.3 is 5.97 Å². The van der Waals surface area contributed by atoms with Gasteiger partial charge in [-0.15, -0.1) is 0 Å². The van der Waals surface area contributed by atoms with Crippen molar-refractivity contribution in [2.75, 3.05) is 13.7 Å². The van der Waals surface area contributed by atoms with Gasteiger partial charge in [-0.2, -0.15) is 0 Å². The number of aliphatic carboxylic acids is 1. The first-order valence-electron chi connectivity index (χ1n) is 8.55. The van der Waals surface area contributed by atoms with Crippen LogP contribution in [0, 0.1) is 5.82 Å². The van der Waals surface area contributed by atoms with E-state index in [-0.39, 0.29) is 12.4 Å². The monoisotopic (exact) mass is 382 g/mol. The second-order valence-electron chi connectivity index (χ2n) is 6.00. The van der Waals surface area contributed by atoms with Gasteiger partial charge in [-0.1, -0.05) is 30.3 Å². The van der Waals surface area contributed by atoms with Crippen LogP contribution in [0.5, 0.6) is 17.2 Å². The highest BCUT2D eigenvalue weighted by molar-refractivity contribution is 5.68. The lowest BCUT2D eigenvalue weighted by Crippen LogP contribution is -2.10. The first-order valence-corrected chi connectivity index (χ1v) is 8.55. The maximum atomic E-state index is 14.0. The third-order valence-electron chi connectivity index (χ3n) is 3.99. The van der Waals surface area contributed by atoms with Crippen molar-refractivity contribution < 1.29 is 28.5 Å². The van der Waals surface area contributed by atoms with Crippen molar-refractivity contribution in [3.05, 3.63) is 78.1 Å². The smallest absolute Gasteiger partial charge is 0.341 e. The van der Waals surface area contributed by atoms with Gasteiger partial charge in [0.05, 0.1) is 7.11 Å². The molecule has 1 N–H and O–H groups in total. The second-order valence-corrected chi connectivity index (χ2v) is 6.00. The fourth-order valence-corrected chi connectivity index (χ4v) is 2.64. The molecule has 6 heteroatoms. The van der Waals surface area contributed by atoms with Crippen LogP contribution in [0.3, 0.4) is 0 Å². The molecule has 3 aromatic carbocycles. The maximum Gasteiger partial charge on any atom is 0.341 e. The molecule has 0 spiro atoms. The molecule has 0 aliphatic heterocycles. The van der Waals surface area contributed by atoms with Crippen LogP contribution in [-0.2, 0) is 11.4 Å². The molecular weight excluding hydrogens is 363 g/mol. The highest BCUT2D eigenvalue weighted by Gasteiger charge is 2.08. The Labute approximate surface area is 161 Å². The van der Waals surface area contributed by atoms with Crippen LogP contribution in [-0.4, -0.2) is 24.8 Å². The van der Waals surface area contributed by atoms with Crippen LogP contribution < -0.4 is 14.2 Å². The number of hydrogen-bond donors (Lipinski definition) is 1. The Bertz CT molecular complexity index is 971. The van der Waals surface area contributed by atoms with E-state index in [0.29, 0.717) is 5.75 Å². The normalized spacial score (nSPS) is 10.4. The molecule has 28 heavy (non-hydrogen) atoms. The number of halogens is 1. The molecule has 0 atom stereocenters. The van der Waals surface area contributed by atoms with Crippen LogP contribution in [0.4, 0.5) is 4.39 Å². The zero-order chi connectivity index (χ0) is 19.9. The average molecular weight is 382 g/mol. The van der Waals surface area contributed by atoms with E-state index >= 15 is 0 Å². The number of benzene rings is 3. The molecule has 5 nitrogen and oxygen atoms in total. The van der Waals surface area contributed by atoms with Crippen LogP contribution in [0.25, 0.3) is 11.1 Å². The van der Waals surface area contributed by atoms with Crippen LogP contribution in [0.15, 0.2) is 66.7 Å². The molecule has 0 amide bonds. The average Bonchev–Trinajstić information content (AvgIpc) is 2.71.